The van der Waals surface area contributed by atoms with Gasteiger partial charge in [0.25, 0.3) is 0 Å². The highest BCUT2D eigenvalue weighted by Gasteiger charge is 2.11. The predicted octanol–water partition coefficient (Wildman–Crippen LogP) is 11.2. The van der Waals surface area contributed by atoms with Crippen LogP contribution in [0.15, 0.2) is 72.8 Å². The number of benzene rings is 3. The molecule has 0 aromatic heterocycles. The monoisotopic (exact) mass is 584 g/mol. The van der Waals surface area contributed by atoms with Gasteiger partial charge in [0.1, 0.15) is 5.75 Å². The molecule has 0 aliphatic heterocycles. The molecule has 0 amide bonds. The van der Waals surface area contributed by atoms with Gasteiger partial charge in [-0.05, 0) is 72.4 Å². The van der Waals surface area contributed by atoms with Crippen LogP contribution in [0.1, 0.15) is 136 Å². The molecule has 3 rings (SSSR count). The lowest BCUT2D eigenvalue weighted by molar-refractivity contribution is 0.0497. The van der Waals surface area contributed by atoms with Crippen molar-refractivity contribution in [3.8, 4) is 16.9 Å². The zero-order valence-electron chi connectivity index (χ0n) is 26.6. The topological polar surface area (TPSA) is 52.6 Å². The molecule has 4 nitrogen and oxygen atoms in total. The summed E-state index contributed by atoms with van der Waals surface area (Å²) < 4.78 is 10.9. The fourth-order valence-corrected chi connectivity index (χ4v) is 5.26. The van der Waals surface area contributed by atoms with E-state index in [2.05, 4.69) is 38.1 Å². The Labute approximate surface area is 260 Å². The van der Waals surface area contributed by atoms with E-state index in [0.717, 1.165) is 30.4 Å². The van der Waals surface area contributed by atoms with Crippen LogP contribution in [0.4, 0.5) is 0 Å². The van der Waals surface area contributed by atoms with Crippen LogP contribution >= 0.6 is 0 Å². The smallest absolute Gasteiger partial charge is 0.343 e. The number of unbranched alkanes of at least 4 members (excludes halogenated alkanes) is 13. The molecule has 0 aliphatic rings. The van der Waals surface area contributed by atoms with E-state index in [4.69, 9.17) is 9.47 Å². The molecular formula is C39H52O4. The summed E-state index contributed by atoms with van der Waals surface area (Å²) in [7, 11) is 0. The lowest BCUT2D eigenvalue weighted by Crippen LogP contribution is -2.09. The van der Waals surface area contributed by atoms with Crippen LogP contribution in [0.2, 0.25) is 0 Å². The SMILES string of the molecule is CCCCCCCCCCc1ccc(-c2ccc(C(=O)Oc3ccc(C(=O)OCCCCCCCCC)cc3)cc2)cc1. The van der Waals surface area contributed by atoms with Gasteiger partial charge in [-0.15, -0.1) is 0 Å². The minimum Gasteiger partial charge on any atom is -0.462 e. The van der Waals surface area contributed by atoms with Crippen molar-refractivity contribution in [3.05, 3.63) is 89.5 Å². The van der Waals surface area contributed by atoms with Crippen molar-refractivity contribution in [2.24, 2.45) is 0 Å². The normalized spacial score (nSPS) is 10.9. The van der Waals surface area contributed by atoms with E-state index in [1.54, 1.807) is 36.4 Å². The van der Waals surface area contributed by atoms with Crippen molar-refractivity contribution in [1.82, 2.24) is 0 Å². The van der Waals surface area contributed by atoms with Gasteiger partial charge in [-0.2, -0.15) is 0 Å². The van der Waals surface area contributed by atoms with Gasteiger partial charge in [-0.3, -0.25) is 0 Å². The number of carbonyl (C=O) groups is 2. The third-order valence-electron chi connectivity index (χ3n) is 8.01. The fraction of sp³-hybridized carbons (Fsp3) is 0.487. The van der Waals surface area contributed by atoms with E-state index in [0.29, 0.717) is 23.5 Å². The maximum absolute atomic E-state index is 12.7. The van der Waals surface area contributed by atoms with Crippen LogP contribution in [0.3, 0.4) is 0 Å². The Hall–Kier alpha value is -3.40. The quantitative estimate of drug-likeness (QED) is 0.0710. The molecular weight excluding hydrogens is 532 g/mol. The van der Waals surface area contributed by atoms with Crippen LogP contribution in [-0.4, -0.2) is 18.5 Å². The molecule has 0 N–H and O–H groups in total. The summed E-state index contributed by atoms with van der Waals surface area (Å²) in [5.74, 6) is -0.382. The van der Waals surface area contributed by atoms with Crippen molar-refractivity contribution in [3.63, 3.8) is 0 Å². The van der Waals surface area contributed by atoms with Crippen molar-refractivity contribution in [2.75, 3.05) is 6.61 Å². The molecule has 0 saturated carbocycles. The third-order valence-corrected chi connectivity index (χ3v) is 8.01. The Balaban J connectivity index is 1.37. The maximum atomic E-state index is 12.7. The highest BCUT2D eigenvalue weighted by molar-refractivity contribution is 5.92. The average Bonchev–Trinajstić information content (AvgIpc) is 3.04. The summed E-state index contributed by atoms with van der Waals surface area (Å²) in [5.41, 5.74) is 4.51. The molecule has 43 heavy (non-hydrogen) atoms. The van der Waals surface area contributed by atoms with E-state index in [9.17, 15) is 9.59 Å². The molecule has 0 unspecified atom stereocenters. The van der Waals surface area contributed by atoms with Gasteiger partial charge < -0.3 is 9.47 Å². The third kappa shape index (κ3) is 13.2. The Bertz CT molecular complexity index is 1180. The van der Waals surface area contributed by atoms with Crippen molar-refractivity contribution >= 4 is 11.9 Å². The number of hydrogen-bond acceptors (Lipinski definition) is 4. The number of rotatable bonds is 21. The number of esters is 2. The summed E-state index contributed by atoms with van der Waals surface area (Å²) in [6, 6.07) is 22.8. The van der Waals surface area contributed by atoms with E-state index in [1.165, 1.54) is 89.0 Å². The molecule has 0 radical (unpaired) electrons. The number of ether oxygens (including phenoxy) is 2. The summed E-state index contributed by atoms with van der Waals surface area (Å²) in [6.45, 7) is 4.91. The first kappa shape index (κ1) is 34.1. The Morgan fingerprint density at radius 3 is 1.49 bits per heavy atom. The Morgan fingerprint density at radius 2 is 0.930 bits per heavy atom. The molecule has 232 valence electrons. The van der Waals surface area contributed by atoms with Crippen LogP contribution in [0, 0.1) is 0 Å². The van der Waals surface area contributed by atoms with E-state index < -0.39 is 5.97 Å². The zero-order chi connectivity index (χ0) is 30.5. The van der Waals surface area contributed by atoms with E-state index >= 15 is 0 Å². The molecule has 0 aliphatic carbocycles. The minimum absolute atomic E-state index is 0.347. The zero-order valence-corrected chi connectivity index (χ0v) is 26.6. The second kappa shape index (κ2) is 20.5. The Morgan fingerprint density at radius 1 is 0.488 bits per heavy atom. The molecule has 0 atom stereocenters. The first-order valence-corrected chi connectivity index (χ1v) is 16.8. The van der Waals surface area contributed by atoms with Crippen molar-refractivity contribution in [2.45, 2.75) is 117 Å². The van der Waals surface area contributed by atoms with Crippen molar-refractivity contribution < 1.29 is 19.1 Å². The lowest BCUT2D eigenvalue weighted by Gasteiger charge is -2.08. The van der Waals surface area contributed by atoms with Crippen LogP contribution < -0.4 is 4.74 Å². The standard InChI is InChI=1S/C39H52O4/c1-3-5-7-9-11-12-14-16-18-32-19-21-33(22-20-32)34-23-25-36(26-24-34)39(41)43-37-29-27-35(28-30-37)38(40)42-31-17-15-13-10-8-6-4-2/h19-30H,3-18,31H2,1-2H3. The van der Waals surface area contributed by atoms with Gasteiger partial charge in [0.2, 0.25) is 0 Å². The van der Waals surface area contributed by atoms with Gasteiger partial charge in [0.15, 0.2) is 0 Å². The summed E-state index contributed by atoms with van der Waals surface area (Å²) in [6.07, 6.45) is 20.1. The number of carbonyl (C=O) groups excluding carboxylic acids is 2. The lowest BCUT2D eigenvalue weighted by atomic mass is 10.00. The minimum atomic E-state index is -0.429. The van der Waals surface area contributed by atoms with Gasteiger partial charge in [0.05, 0.1) is 17.7 Å². The van der Waals surface area contributed by atoms with Crippen LogP contribution in [0.5, 0.6) is 5.75 Å². The molecule has 3 aromatic carbocycles. The second-order valence-electron chi connectivity index (χ2n) is 11.7. The fourth-order valence-electron chi connectivity index (χ4n) is 5.26. The van der Waals surface area contributed by atoms with E-state index in [1.807, 2.05) is 12.1 Å². The summed E-state index contributed by atoms with van der Waals surface area (Å²) in [4.78, 5) is 25.0. The molecule has 0 heterocycles. The van der Waals surface area contributed by atoms with Gasteiger partial charge in [-0.1, -0.05) is 134 Å². The molecule has 4 heteroatoms. The maximum Gasteiger partial charge on any atom is 0.343 e. The van der Waals surface area contributed by atoms with Gasteiger partial charge in [0, 0.05) is 0 Å². The number of hydrogen-bond donors (Lipinski definition) is 0. The number of aryl methyl sites for hydroxylation is 1. The highest BCUT2D eigenvalue weighted by Crippen LogP contribution is 2.22. The Kier molecular flexibility index (Phi) is 16.3. The average molecular weight is 585 g/mol. The summed E-state index contributed by atoms with van der Waals surface area (Å²) >= 11 is 0. The largest absolute Gasteiger partial charge is 0.462 e. The second-order valence-corrected chi connectivity index (χ2v) is 11.7. The van der Waals surface area contributed by atoms with E-state index in [-0.39, 0.29) is 5.97 Å². The predicted molar refractivity (Wildman–Crippen MR) is 178 cm³/mol. The molecule has 0 saturated heterocycles. The highest BCUT2D eigenvalue weighted by atomic mass is 16.5. The molecule has 0 spiro atoms. The first-order chi connectivity index (χ1) is 21.1. The summed E-state index contributed by atoms with van der Waals surface area (Å²) in [5, 5.41) is 0. The van der Waals surface area contributed by atoms with Crippen LogP contribution in [-0.2, 0) is 11.2 Å². The van der Waals surface area contributed by atoms with Gasteiger partial charge in [-0.25, -0.2) is 9.59 Å². The van der Waals surface area contributed by atoms with Crippen LogP contribution in [0.25, 0.3) is 11.1 Å². The van der Waals surface area contributed by atoms with Crippen molar-refractivity contribution in [1.29, 1.82) is 0 Å². The molecule has 3 aromatic rings. The first-order valence-electron chi connectivity index (χ1n) is 16.8. The molecule has 0 fully saturated rings. The molecule has 0 bridgehead atoms. The van der Waals surface area contributed by atoms with Gasteiger partial charge >= 0.3 is 11.9 Å².